The van der Waals surface area contributed by atoms with Crippen LogP contribution >= 0.6 is 0 Å². The first kappa shape index (κ1) is 12.0. The highest BCUT2D eigenvalue weighted by Gasteiger charge is 2.23. The number of urea groups is 2. The van der Waals surface area contributed by atoms with Gasteiger partial charge in [0.1, 0.15) is 0 Å². The van der Waals surface area contributed by atoms with Crippen LogP contribution in [-0.4, -0.2) is 31.1 Å². The minimum atomic E-state index is -0.784. The van der Waals surface area contributed by atoms with E-state index in [2.05, 4.69) is 0 Å². The van der Waals surface area contributed by atoms with Gasteiger partial charge in [0, 0.05) is 14.1 Å². The first-order chi connectivity index (χ1) is 7.45. The van der Waals surface area contributed by atoms with E-state index in [0.717, 1.165) is 10.5 Å². The van der Waals surface area contributed by atoms with Gasteiger partial charge in [0.15, 0.2) is 0 Å². The standard InChI is InChI=1S/C11H15N3O2/c1-8-6-4-5-7-9(8)14(10(12)15)11(16)13(2)3/h4-7H,1-3H3,(H2,12,15). The molecule has 0 radical (unpaired) electrons. The fraction of sp³-hybridized carbons (Fsp3) is 0.273. The highest BCUT2D eigenvalue weighted by molar-refractivity contribution is 6.13. The van der Waals surface area contributed by atoms with Gasteiger partial charge in [0.2, 0.25) is 0 Å². The molecule has 4 amide bonds. The molecule has 0 aliphatic heterocycles. The van der Waals surface area contributed by atoms with Crippen LogP contribution in [-0.2, 0) is 0 Å². The topological polar surface area (TPSA) is 66.6 Å². The molecular formula is C11H15N3O2. The lowest BCUT2D eigenvalue weighted by atomic mass is 10.2. The molecule has 0 fully saturated rings. The molecule has 1 aromatic rings. The molecular weight excluding hydrogens is 206 g/mol. The van der Waals surface area contributed by atoms with Gasteiger partial charge in [-0.1, -0.05) is 18.2 Å². The number of nitrogens with zero attached hydrogens (tertiary/aromatic N) is 2. The molecule has 0 unspecified atom stereocenters. The van der Waals surface area contributed by atoms with Crippen molar-refractivity contribution in [2.45, 2.75) is 6.92 Å². The van der Waals surface area contributed by atoms with Crippen molar-refractivity contribution in [3.63, 3.8) is 0 Å². The monoisotopic (exact) mass is 221 g/mol. The molecule has 0 spiro atoms. The van der Waals surface area contributed by atoms with E-state index in [4.69, 9.17) is 5.73 Å². The van der Waals surface area contributed by atoms with E-state index < -0.39 is 12.1 Å². The Morgan fingerprint density at radius 1 is 1.19 bits per heavy atom. The first-order valence-corrected chi connectivity index (χ1v) is 4.81. The van der Waals surface area contributed by atoms with Crippen molar-refractivity contribution in [1.29, 1.82) is 0 Å². The fourth-order valence-electron chi connectivity index (χ4n) is 1.33. The van der Waals surface area contributed by atoms with Crippen LogP contribution in [0.3, 0.4) is 0 Å². The summed E-state index contributed by atoms with van der Waals surface area (Å²) >= 11 is 0. The summed E-state index contributed by atoms with van der Waals surface area (Å²) < 4.78 is 0. The summed E-state index contributed by atoms with van der Waals surface area (Å²) in [6.07, 6.45) is 0. The van der Waals surface area contributed by atoms with E-state index >= 15 is 0 Å². The SMILES string of the molecule is Cc1ccccc1N(C(N)=O)C(=O)N(C)C. The van der Waals surface area contributed by atoms with Crippen molar-refractivity contribution in [2.75, 3.05) is 19.0 Å². The molecule has 0 aliphatic rings. The zero-order valence-corrected chi connectivity index (χ0v) is 9.60. The molecule has 0 aliphatic carbocycles. The van der Waals surface area contributed by atoms with Gasteiger partial charge in [-0.3, -0.25) is 0 Å². The number of para-hydroxylation sites is 1. The number of imide groups is 1. The van der Waals surface area contributed by atoms with Crippen molar-refractivity contribution in [3.8, 4) is 0 Å². The Balaban J connectivity index is 3.19. The van der Waals surface area contributed by atoms with Crippen LogP contribution in [0.1, 0.15) is 5.56 Å². The maximum Gasteiger partial charge on any atom is 0.332 e. The van der Waals surface area contributed by atoms with Gasteiger partial charge < -0.3 is 10.6 Å². The summed E-state index contributed by atoms with van der Waals surface area (Å²) in [5.41, 5.74) is 6.54. The second kappa shape index (κ2) is 4.65. The highest BCUT2D eigenvalue weighted by Crippen LogP contribution is 2.20. The molecule has 5 nitrogen and oxygen atoms in total. The summed E-state index contributed by atoms with van der Waals surface area (Å²) in [7, 11) is 3.13. The number of primary amides is 1. The van der Waals surface area contributed by atoms with Crippen LogP contribution in [0.25, 0.3) is 0 Å². The van der Waals surface area contributed by atoms with Crippen molar-refractivity contribution >= 4 is 17.7 Å². The average Bonchev–Trinajstić information content (AvgIpc) is 2.20. The number of carbonyl (C=O) groups excluding carboxylic acids is 2. The Morgan fingerprint density at radius 2 is 1.75 bits per heavy atom. The Bertz CT molecular complexity index is 415. The number of amides is 4. The van der Waals surface area contributed by atoms with E-state index in [1.54, 1.807) is 26.2 Å². The maximum absolute atomic E-state index is 11.8. The summed E-state index contributed by atoms with van der Waals surface area (Å²) in [6.45, 7) is 1.81. The van der Waals surface area contributed by atoms with Gasteiger partial charge in [-0.2, -0.15) is 0 Å². The van der Waals surface area contributed by atoms with Crippen molar-refractivity contribution in [1.82, 2.24) is 4.90 Å². The summed E-state index contributed by atoms with van der Waals surface area (Å²) in [5, 5.41) is 0. The second-order valence-electron chi connectivity index (χ2n) is 3.64. The quantitative estimate of drug-likeness (QED) is 0.782. The molecule has 86 valence electrons. The molecule has 0 bridgehead atoms. The average molecular weight is 221 g/mol. The third-order valence-corrected chi connectivity index (χ3v) is 2.15. The molecule has 0 aromatic heterocycles. The number of anilines is 1. The number of aryl methyl sites for hydroxylation is 1. The highest BCUT2D eigenvalue weighted by atomic mass is 16.2. The number of benzene rings is 1. The zero-order valence-electron chi connectivity index (χ0n) is 9.60. The van der Waals surface area contributed by atoms with Gasteiger partial charge in [-0.25, -0.2) is 14.5 Å². The Morgan fingerprint density at radius 3 is 2.19 bits per heavy atom. The van der Waals surface area contributed by atoms with E-state index in [0.29, 0.717) is 5.69 Å². The molecule has 16 heavy (non-hydrogen) atoms. The number of nitrogens with two attached hydrogens (primary N) is 1. The van der Waals surface area contributed by atoms with Crippen LogP contribution < -0.4 is 10.6 Å². The summed E-state index contributed by atoms with van der Waals surface area (Å²) in [5.74, 6) is 0. The van der Waals surface area contributed by atoms with Gasteiger partial charge in [-0.15, -0.1) is 0 Å². The molecule has 2 N–H and O–H groups in total. The van der Waals surface area contributed by atoms with E-state index in [1.165, 1.54) is 4.90 Å². The van der Waals surface area contributed by atoms with Gasteiger partial charge in [0.05, 0.1) is 5.69 Å². The second-order valence-corrected chi connectivity index (χ2v) is 3.64. The van der Waals surface area contributed by atoms with Crippen molar-refractivity contribution in [3.05, 3.63) is 29.8 Å². The van der Waals surface area contributed by atoms with E-state index in [-0.39, 0.29) is 0 Å². The predicted molar refractivity (Wildman–Crippen MR) is 62.3 cm³/mol. The van der Waals surface area contributed by atoms with E-state index in [9.17, 15) is 9.59 Å². The first-order valence-electron chi connectivity index (χ1n) is 4.81. The minimum absolute atomic E-state index is 0.457. The van der Waals surface area contributed by atoms with Gasteiger partial charge in [0.25, 0.3) is 0 Å². The fourth-order valence-corrected chi connectivity index (χ4v) is 1.33. The maximum atomic E-state index is 11.8. The molecule has 1 rings (SSSR count). The lowest BCUT2D eigenvalue weighted by Crippen LogP contribution is -2.46. The van der Waals surface area contributed by atoms with Crippen molar-refractivity contribution in [2.24, 2.45) is 5.73 Å². The van der Waals surface area contributed by atoms with Gasteiger partial charge in [-0.05, 0) is 18.6 Å². The molecule has 0 atom stereocenters. The predicted octanol–water partition coefficient (Wildman–Crippen LogP) is 1.56. The third kappa shape index (κ3) is 2.31. The molecule has 0 saturated heterocycles. The summed E-state index contributed by atoms with van der Waals surface area (Å²) in [4.78, 5) is 25.3. The largest absolute Gasteiger partial charge is 0.351 e. The Kier molecular flexibility index (Phi) is 3.50. The third-order valence-electron chi connectivity index (χ3n) is 2.15. The Labute approximate surface area is 94.4 Å². The van der Waals surface area contributed by atoms with Crippen LogP contribution in [0.15, 0.2) is 24.3 Å². The molecule has 0 saturated carbocycles. The minimum Gasteiger partial charge on any atom is -0.351 e. The normalized spacial score (nSPS) is 9.69. The smallest absolute Gasteiger partial charge is 0.332 e. The van der Waals surface area contributed by atoms with Crippen molar-refractivity contribution < 1.29 is 9.59 Å². The molecule has 0 heterocycles. The Hall–Kier alpha value is -2.04. The lowest BCUT2D eigenvalue weighted by molar-refractivity contribution is 0.220. The zero-order chi connectivity index (χ0) is 12.3. The van der Waals surface area contributed by atoms with Crippen LogP contribution in [0.4, 0.5) is 15.3 Å². The van der Waals surface area contributed by atoms with Gasteiger partial charge >= 0.3 is 12.1 Å². The number of hydrogen-bond acceptors (Lipinski definition) is 2. The molecule has 5 heteroatoms. The number of carbonyl (C=O) groups is 2. The lowest BCUT2D eigenvalue weighted by Gasteiger charge is -2.23. The summed E-state index contributed by atoms with van der Waals surface area (Å²) in [6, 6.07) is 5.84. The molecule has 1 aromatic carbocycles. The van der Waals surface area contributed by atoms with Crippen LogP contribution in [0, 0.1) is 6.92 Å². The van der Waals surface area contributed by atoms with Crippen LogP contribution in [0.5, 0.6) is 0 Å². The van der Waals surface area contributed by atoms with E-state index in [1.807, 2.05) is 19.1 Å². The number of hydrogen-bond donors (Lipinski definition) is 1. The van der Waals surface area contributed by atoms with Crippen LogP contribution in [0.2, 0.25) is 0 Å². The number of rotatable bonds is 1.